The summed E-state index contributed by atoms with van der Waals surface area (Å²) in [5.41, 5.74) is 0. The number of aliphatic hydroxyl groups is 1. The van der Waals surface area contributed by atoms with E-state index in [1.54, 1.807) is 11.8 Å². The second-order valence-electron chi connectivity index (χ2n) is 5.97. The van der Waals surface area contributed by atoms with Gasteiger partial charge in [0.25, 0.3) is 0 Å². The summed E-state index contributed by atoms with van der Waals surface area (Å²) in [6.45, 7) is 7.53. The number of amides is 2. The van der Waals surface area contributed by atoms with Crippen molar-refractivity contribution in [3.8, 4) is 0 Å². The van der Waals surface area contributed by atoms with Crippen LogP contribution in [0.1, 0.15) is 46.5 Å². The highest BCUT2D eigenvalue weighted by atomic mass is 16.3. The quantitative estimate of drug-likeness (QED) is 0.769. The molecule has 0 aromatic carbocycles. The van der Waals surface area contributed by atoms with Crippen molar-refractivity contribution in [2.24, 2.45) is 11.8 Å². The van der Waals surface area contributed by atoms with Crippen LogP contribution in [-0.2, 0) is 9.59 Å². The second kappa shape index (κ2) is 8.25. The maximum Gasteiger partial charge on any atom is 0.224 e. The van der Waals surface area contributed by atoms with Gasteiger partial charge >= 0.3 is 0 Å². The fourth-order valence-electron chi connectivity index (χ4n) is 2.73. The predicted octanol–water partition coefficient (Wildman–Crippen LogP) is 1.16. The van der Waals surface area contributed by atoms with Gasteiger partial charge in [0, 0.05) is 26.1 Å². The average molecular weight is 284 g/mol. The van der Waals surface area contributed by atoms with Gasteiger partial charge in [-0.25, -0.2) is 0 Å². The van der Waals surface area contributed by atoms with Crippen molar-refractivity contribution in [1.29, 1.82) is 0 Å². The van der Waals surface area contributed by atoms with E-state index in [0.29, 0.717) is 25.9 Å². The van der Waals surface area contributed by atoms with Crippen LogP contribution in [-0.4, -0.2) is 47.6 Å². The Hall–Kier alpha value is -1.10. The number of nitrogens with one attached hydrogen (secondary N) is 1. The predicted molar refractivity (Wildman–Crippen MR) is 78.1 cm³/mol. The molecule has 1 saturated heterocycles. The molecule has 1 aliphatic rings. The van der Waals surface area contributed by atoms with Gasteiger partial charge in [-0.15, -0.1) is 0 Å². The summed E-state index contributed by atoms with van der Waals surface area (Å²) in [6, 6.07) is 0. The molecule has 0 bridgehead atoms. The number of carbonyl (C=O) groups excluding carboxylic acids is 2. The fourth-order valence-corrected chi connectivity index (χ4v) is 2.73. The van der Waals surface area contributed by atoms with E-state index in [4.69, 9.17) is 0 Å². The minimum absolute atomic E-state index is 0.0380. The number of rotatable bonds is 6. The Balaban J connectivity index is 2.37. The van der Waals surface area contributed by atoms with Crippen LogP contribution >= 0.6 is 0 Å². The molecule has 5 heteroatoms. The number of piperidine rings is 1. The zero-order valence-electron chi connectivity index (χ0n) is 12.9. The largest absolute Gasteiger partial charge is 0.393 e. The van der Waals surface area contributed by atoms with Crippen LogP contribution < -0.4 is 5.32 Å². The Labute approximate surface area is 121 Å². The van der Waals surface area contributed by atoms with E-state index in [1.165, 1.54) is 0 Å². The van der Waals surface area contributed by atoms with Crippen molar-refractivity contribution < 1.29 is 14.7 Å². The molecular weight excluding hydrogens is 256 g/mol. The second-order valence-corrected chi connectivity index (χ2v) is 5.97. The first kappa shape index (κ1) is 17.0. The standard InChI is InChI=1S/C15H28N2O3/c1-4-14(19)17-7-5-6-13(10-17)15(20)16-9-11(2)8-12(3)18/h11-13,18H,4-10H2,1-3H3,(H,16,20). The van der Waals surface area contributed by atoms with E-state index in [9.17, 15) is 14.7 Å². The smallest absolute Gasteiger partial charge is 0.224 e. The molecule has 3 atom stereocenters. The number of nitrogens with zero attached hydrogens (tertiary/aromatic N) is 1. The number of hydrogen-bond acceptors (Lipinski definition) is 3. The first-order valence-electron chi connectivity index (χ1n) is 7.67. The minimum Gasteiger partial charge on any atom is -0.393 e. The van der Waals surface area contributed by atoms with Crippen LogP contribution in [0.5, 0.6) is 0 Å². The number of aliphatic hydroxyl groups excluding tert-OH is 1. The van der Waals surface area contributed by atoms with Crippen LogP contribution in [0.3, 0.4) is 0 Å². The molecule has 1 fully saturated rings. The van der Waals surface area contributed by atoms with Gasteiger partial charge in [-0.1, -0.05) is 13.8 Å². The summed E-state index contributed by atoms with van der Waals surface area (Å²) in [5.74, 6) is 0.343. The highest BCUT2D eigenvalue weighted by molar-refractivity contribution is 5.81. The highest BCUT2D eigenvalue weighted by Crippen LogP contribution is 2.17. The normalized spacial score (nSPS) is 22.2. The summed E-state index contributed by atoms with van der Waals surface area (Å²) in [4.78, 5) is 25.6. The molecule has 0 saturated carbocycles. The highest BCUT2D eigenvalue weighted by Gasteiger charge is 2.27. The topological polar surface area (TPSA) is 69.6 Å². The number of carbonyl (C=O) groups is 2. The molecule has 1 aliphatic heterocycles. The molecule has 2 N–H and O–H groups in total. The molecular formula is C15H28N2O3. The molecule has 116 valence electrons. The molecule has 2 amide bonds. The SMILES string of the molecule is CCC(=O)N1CCCC(C(=O)NCC(C)CC(C)O)C1. The van der Waals surface area contributed by atoms with Gasteiger partial charge < -0.3 is 15.3 Å². The Morgan fingerprint density at radius 3 is 2.70 bits per heavy atom. The molecule has 5 nitrogen and oxygen atoms in total. The van der Waals surface area contributed by atoms with E-state index in [0.717, 1.165) is 19.4 Å². The van der Waals surface area contributed by atoms with Crippen LogP contribution in [0.4, 0.5) is 0 Å². The summed E-state index contributed by atoms with van der Waals surface area (Å²) in [6.07, 6.45) is 2.59. The van der Waals surface area contributed by atoms with Gasteiger partial charge in [-0.2, -0.15) is 0 Å². The maximum atomic E-state index is 12.1. The summed E-state index contributed by atoms with van der Waals surface area (Å²) < 4.78 is 0. The van der Waals surface area contributed by atoms with Gasteiger partial charge in [0.2, 0.25) is 11.8 Å². The average Bonchev–Trinajstić information content (AvgIpc) is 2.43. The van der Waals surface area contributed by atoms with Crippen molar-refractivity contribution >= 4 is 11.8 Å². The zero-order valence-corrected chi connectivity index (χ0v) is 12.9. The van der Waals surface area contributed by atoms with Crippen LogP contribution in [0.25, 0.3) is 0 Å². The molecule has 0 aromatic rings. The molecule has 1 heterocycles. The lowest BCUT2D eigenvalue weighted by Crippen LogP contribution is -2.46. The first-order chi connectivity index (χ1) is 9.43. The van der Waals surface area contributed by atoms with Crippen molar-refractivity contribution in [2.45, 2.75) is 52.6 Å². The third kappa shape index (κ3) is 5.49. The van der Waals surface area contributed by atoms with E-state index < -0.39 is 0 Å². The Kier molecular flexibility index (Phi) is 6.99. The summed E-state index contributed by atoms with van der Waals surface area (Å²) in [5, 5.41) is 12.2. The van der Waals surface area contributed by atoms with E-state index in [-0.39, 0.29) is 29.8 Å². The summed E-state index contributed by atoms with van der Waals surface area (Å²) >= 11 is 0. The zero-order chi connectivity index (χ0) is 15.1. The Bertz CT molecular complexity index is 331. The molecule has 0 spiro atoms. The van der Waals surface area contributed by atoms with Crippen LogP contribution in [0, 0.1) is 11.8 Å². The number of hydrogen-bond donors (Lipinski definition) is 2. The molecule has 3 unspecified atom stereocenters. The van der Waals surface area contributed by atoms with Gasteiger partial charge in [-0.3, -0.25) is 9.59 Å². The van der Waals surface area contributed by atoms with Crippen LogP contribution in [0.15, 0.2) is 0 Å². The Morgan fingerprint density at radius 1 is 1.40 bits per heavy atom. The lowest BCUT2D eigenvalue weighted by molar-refractivity contribution is -0.135. The van der Waals surface area contributed by atoms with E-state index in [2.05, 4.69) is 5.32 Å². The number of likely N-dealkylation sites (tertiary alicyclic amines) is 1. The lowest BCUT2D eigenvalue weighted by atomic mass is 9.96. The molecule has 20 heavy (non-hydrogen) atoms. The molecule has 1 rings (SSSR count). The maximum absolute atomic E-state index is 12.1. The van der Waals surface area contributed by atoms with Crippen molar-refractivity contribution in [3.63, 3.8) is 0 Å². The molecule has 0 aliphatic carbocycles. The third-order valence-corrected chi connectivity index (χ3v) is 3.82. The molecule has 0 aromatic heterocycles. The van der Waals surface area contributed by atoms with Gasteiger partial charge in [-0.05, 0) is 32.1 Å². The third-order valence-electron chi connectivity index (χ3n) is 3.82. The van der Waals surface area contributed by atoms with E-state index in [1.807, 2.05) is 13.8 Å². The monoisotopic (exact) mass is 284 g/mol. The van der Waals surface area contributed by atoms with Crippen LogP contribution in [0.2, 0.25) is 0 Å². The fraction of sp³-hybridized carbons (Fsp3) is 0.867. The first-order valence-corrected chi connectivity index (χ1v) is 7.67. The Morgan fingerprint density at radius 2 is 2.10 bits per heavy atom. The van der Waals surface area contributed by atoms with Gasteiger partial charge in [0.1, 0.15) is 0 Å². The van der Waals surface area contributed by atoms with Crippen molar-refractivity contribution in [3.05, 3.63) is 0 Å². The van der Waals surface area contributed by atoms with Crippen molar-refractivity contribution in [2.75, 3.05) is 19.6 Å². The van der Waals surface area contributed by atoms with Gasteiger partial charge in [0.15, 0.2) is 0 Å². The van der Waals surface area contributed by atoms with Gasteiger partial charge in [0.05, 0.1) is 12.0 Å². The summed E-state index contributed by atoms with van der Waals surface area (Å²) in [7, 11) is 0. The minimum atomic E-state index is -0.339. The molecule has 0 radical (unpaired) electrons. The van der Waals surface area contributed by atoms with E-state index >= 15 is 0 Å². The van der Waals surface area contributed by atoms with Crippen molar-refractivity contribution in [1.82, 2.24) is 10.2 Å². The lowest BCUT2D eigenvalue weighted by Gasteiger charge is -2.32.